The molecule has 0 radical (unpaired) electrons. The van der Waals surface area contributed by atoms with Crippen LogP contribution in [0.4, 0.5) is 5.69 Å². The monoisotopic (exact) mass is 333 g/mol. The van der Waals surface area contributed by atoms with Crippen molar-refractivity contribution in [2.45, 2.75) is 12.8 Å². The van der Waals surface area contributed by atoms with E-state index in [2.05, 4.69) is 14.9 Å². The van der Waals surface area contributed by atoms with Gasteiger partial charge in [0.15, 0.2) is 0 Å². The number of anilines is 1. The third kappa shape index (κ3) is 3.01. The molecule has 0 saturated carbocycles. The van der Waals surface area contributed by atoms with Gasteiger partial charge in [-0.3, -0.25) is 0 Å². The molecule has 1 fully saturated rings. The van der Waals surface area contributed by atoms with Crippen LogP contribution >= 0.6 is 0 Å². The summed E-state index contributed by atoms with van der Waals surface area (Å²) in [6.07, 6.45) is 7.64. The fraction of sp³-hybridized carbons (Fsp3) is 0.200. The van der Waals surface area contributed by atoms with E-state index in [0.717, 1.165) is 35.4 Å². The molecule has 25 heavy (non-hydrogen) atoms. The number of carbonyl (C=O) groups is 1. The van der Waals surface area contributed by atoms with E-state index in [9.17, 15) is 9.90 Å². The van der Waals surface area contributed by atoms with Crippen molar-refractivity contribution in [2.75, 3.05) is 18.0 Å². The second-order valence-corrected chi connectivity index (χ2v) is 6.25. The zero-order chi connectivity index (χ0) is 17.2. The number of nitrogens with one attached hydrogen (secondary N) is 1. The van der Waals surface area contributed by atoms with Gasteiger partial charge in [0.1, 0.15) is 5.65 Å². The fourth-order valence-corrected chi connectivity index (χ4v) is 3.35. The summed E-state index contributed by atoms with van der Waals surface area (Å²) in [4.78, 5) is 21.5. The number of benzene rings is 1. The Morgan fingerprint density at radius 3 is 2.64 bits per heavy atom. The fourth-order valence-electron chi connectivity index (χ4n) is 3.35. The second kappa shape index (κ2) is 6.43. The van der Waals surface area contributed by atoms with Gasteiger partial charge in [-0.1, -0.05) is 12.1 Å². The van der Waals surface area contributed by atoms with E-state index in [1.807, 2.05) is 36.4 Å². The minimum absolute atomic E-state index is 0.276. The number of pyridine rings is 1. The molecule has 3 aromatic rings. The largest absolute Gasteiger partial charge is 0.478 e. The van der Waals surface area contributed by atoms with Gasteiger partial charge in [-0.15, -0.1) is 0 Å². The number of aromatic nitrogens is 2. The number of fused-ring (bicyclic) bond motifs is 1. The van der Waals surface area contributed by atoms with Crippen LogP contribution in [0.5, 0.6) is 0 Å². The van der Waals surface area contributed by atoms with E-state index in [1.165, 1.54) is 12.8 Å². The highest BCUT2D eigenvalue weighted by Gasteiger charge is 2.15. The minimum Gasteiger partial charge on any atom is -0.478 e. The van der Waals surface area contributed by atoms with Crippen molar-refractivity contribution in [1.82, 2.24) is 9.97 Å². The summed E-state index contributed by atoms with van der Waals surface area (Å²) in [5, 5.41) is 10.6. The molecule has 0 amide bonds. The first kappa shape index (κ1) is 15.4. The van der Waals surface area contributed by atoms with Crippen LogP contribution in [-0.2, 0) is 4.79 Å². The summed E-state index contributed by atoms with van der Waals surface area (Å²) in [5.41, 5.74) is 3.71. The second-order valence-electron chi connectivity index (χ2n) is 6.25. The van der Waals surface area contributed by atoms with Gasteiger partial charge in [0.2, 0.25) is 0 Å². The summed E-state index contributed by atoms with van der Waals surface area (Å²) < 4.78 is 0. The van der Waals surface area contributed by atoms with Crippen molar-refractivity contribution in [2.24, 2.45) is 0 Å². The standard InChI is InChI=1S/C20H19N3O2/c24-20(25)18(12-15-13-22-19-17(15)4-3-9-21-19)14-5-7-16(8-6-14)23-10-1-2-11-23/h3-9,12-13H,1-2,10-11H2,(H,21,22)(H,24,25)/b18-12-. The lowest BCUT2D eigenvalue weighted by atomic mass is 10.0. The lowest BCUT2D eigenvalue weighted by Crippen LogP contribution is -2.17. The number of carboxylic acids is 1. The van der Waals surface area contributed by atoms with E-state index in [0.29, 0.717) is 5.56 Å². The third-order valence-electron chi connectivity index (χ3n) is 4.66. The maximum absolute atomic E-state index is 11.8. The van der Waals surface area contributed by atoms with Crippen molar-refractivity contribution in [3.63, 3.8) is 0 Å². The van der Waals surface area contributed by atoms with Crippen LogP contribution in [0.1, 0.15) is 24.0 Å². The minimum atomic E-state index is -0.938. The molecule has 0 spiro atoms. The maximum Gasteiger partial charge on any atom is 0.336 e. The first-order valence-corrected chi connectivity index (χ1v) is 8.45. The molecule has 126 valence electrons. The average molecular weight is 333 g/mol. The Hall–Kier alpha value is -3.08. The van der Waals surface area contributed by atoms with Gasteiger partial charge in [-0.05, 0) is 48.7 Å². The Morgan fingerprint density at radius 1 is 1.16 bits per heavy atom. The molecule has 2 N–H and O–H groups in total. The van der Waals surface area contributed by atoms with Crippen LogP contribution in [0.15, 0.2) is 48.8 Å². The Bertz CT molecular complexity index is 935. The molecule has 2 aromatic heterocycles. The predicted molar refractivity (Wildman–Crippen MR) is 99.5 cm³/mol. The zero-order valence-electron chi connectivity index (χ0n) is 13.8. The van der Waals surface area contributed by atoms with Gasteiger partial charge in [0, 0.05) is 42.1 Å². The molecule has 1 aliphatic heterocycles. The van der Waals surface area contributed by atoms with E-state index in [-0.39, 0.29) is 5.57 Å². The van der Waals surface area contributed by atoms with Crippen molar-refractivity contribution in [3.05, 3.63) is 59.9 Å². The highest BCUT2D eigenvalue weighted by molar-refractivity contribution is 6.21. The van der Waals surface area contributed by atoms with Crippen LogP contribution in [-0.4, -0.2) is 34.1 Å². The third-order valence-corrected chi connectivity index (χ3v) is 4.66. The maximum atomic E-state index is 11.8. The Balaban J connectivity index is 1.70. The molecule has 1 aromatic carbocycles. The lowest BCUT2D eigenvalue weighted by Gasteiger charge is -2.17. The molecule has 4 rings (SSSR count). The van der Waals surface area contributed by atoms with Crippen LogP contribution in [0, 0.1) is 0 Å². The zero-order valence-corrected chi connectivity index (χ0v) is 13.8. The number of aromatic amines is 1. The number of hydrogen-bond acceptors (Lipinski definition) is 3. The number of carboxylic acid groups (broad SMARTS) is 1. The summed E-state index contributed by atoms with van der Waals surface area (Å²) in [5.74, 6) is -0.938. The van der Waals surface area contributed by atoms with Crippen LogP contribution in [0.2, 0.25) is 0 Å². The Morgan fingerprint density at radius 2 is 1.92 bits per heavy atom. The number of aliphatic carboxylic acids is 1. The van der Waals surface area contributed by atoms with Gasteiger partial charge < -0.3 is 15.0 Å². The molecular formula is C20H19N3O2. The number of H-pyrrole nitrogens is 1. The van der Waals surface area contributed by atoms with Crippen molar-refractivity contribution >= 4 is 34.3 Å². The number of hydrogen-bond donors (Lipinski definition) is 2. The first-order chi connectivity index (χ1) is 12.2. The molecule has 0 atom stereocenters. The summed E-state index contributed by atoms with van der Waals surface area (Å²) >= 11 is 0. The molecule has 0 unspecified atom stereocenters. The summed E-state index contributed by atoms with van der Waals surface area (Å²) in [7, 11) is 0. The summed E-state index contributed by atoms with van der Waals surface area (Å²) in [6, 6.07) is 11.6. The van der Waals surface area contributed by atoms with Crippen LogP contribution < -0.4 is 4.90 Å². The predicted octanol–water partition coefficient (Wildman–Crippen LogP) is 3.79. The van der Waals surface area contributed by atoms with Crippen molar-refractivity contribution in [1.29, 1.82) is 0 Å². The lowest BCUT2D eigenvalue weighted by molar-refractivity contribution is -0.130. The van der Waals surface area contributed by atoms with E-state index in [1.54, 1.807) is 18.5 Å². The van der Waals surface area contributed by atoms with E-state index >= 15 is 0 Å². The molecule has 1 aliphatic rings. The number of nitrogens with zero attached hydrogens (tertiary/aromatic N) is 2. The first-order valence-electron chi connectivity index (χ1n) is 8.45. The normalized spacial score (nSPS) is 15.0. The highest BCUT2D eigenvalue weighted by Crippen LogP contribution is 2.26. The van der Waals surface area contributed by atoms with Gasteiger partial charge >= 0.3 is 5.97 Å². The molecule has 0 aliphatic carbocycles. The highest BCUT2D eigenvalue weighted by atomic mass is 16.4. The molecule has 3 heterocycles. The van der Waals surface area contributed by atoms with E-state index < -0.39 is 5.97 Å². The van der Waals surface area contributed by atoms with Gasteiger partial charge in [0.05, 0.1) is 5.57 Å². The van der Waals surface area contributed by atoms with Crippen molar-refractivity contribution in [3.8, 4) is 0 Å². The van der Waals surface area contributed by atoms with Gasteiger partial charge in [-0.2, -0.15) is 0 Å². The van der Waals surface area contributed by atoms with Crippen LogP contribution in [0.25, 0.3) is 22.7 Å². The van der Waals surface area contributed by atoms with E-state index in [4.69, 9.17) is 0 Å². The SMILES string of the molecule is O=C(O)/C(=C\c1c[nH]c2ncccc12)c1ccc(N2CCCC2)cc1. The molecule has 1 saturated heterocycles. The van der Waals surface area contributed by atoms with Gasteiger partial charge in [0.25, 0.3) is 0 Å². The van der Waals surface area contributed by atoms with Crippen molar-refractivity contribution < 1.29 is 9.90 Å². The molecule has 5 nitrogen and oxygen atoms in total. The Labute approximate surface area is 145 Å². The molecule has 0 bridgehead atoms. The topological polar surface area (TPSA) is 69.2 Å². The smallest absolute Gasteiger partial charge is 0.336 e. The molecular weight excluding hydrogens is 314 g/mol. The quantitative estimate of drug-likeness (QED) is 0.713. The summed E-state index contributed by atoms with van der Waals surface area (Å²) in [6.45, 7) is 2.15. The average Bonchev–Trinajstić information content (AvgIpc) is 3.30. The molecule has 5 heteroatoms. The Kier molecular flexibility index (Phi) is 3.98. The van der Waals surface area contributed by atoms with Crippen LogP contribution in [0.3, 0.4) is 0 Å². The van der Waals surface area contributed by atoms with Gasteiger partial charge in [-0.25, -0.2) is 9.78 Å². The number of rotatable bonds is 4.